The van der Waals surface area contributed by atoms with Gasteiger partial charge in [0.25, 0.3) is 10.0 Å². The molecule has 224 valence electrons. The second kappa shape index (κ2) is 11.6. The molecule has 0 atom stereocenters. The summed E-state index contributed by atoms with van der Waals surface area (Å²) >= 11 is 0. The Labute approximate surface area is 245 Å². The molecule has 0 spiro atoms. The van der Waals surface area contributed by atoms with E-state index in [1.54, 1.807) is 34.0 Å². The van der Waals surface area contributed by atoms with Crippen molar-refractivity contribution in [3.05, 3.63) is 60.4 Å². The SMILES string of the molecule is COc1cc(Cn2cccn2)cc2onc(NS(=O)(=O)c3cccc(N(C)C4CCN(C(=O)OC(C)(C)C)CC4)c3)c12. The van der Waals surface area contributed by atoms with Gasteiger partial charge in [-0.15, -0.1) is 0 Å². The lowest BCUT2D eigenvalue weighted by Crippen LogP contribution is -2.47. The maximum atomic E-state index is 13.5. The van der Waals surface area contributed by atoms with Gasteiger partial charge in [-0.1, -0.05) is 11.2 Å². The van der Waals surface area contributed by atoms with Gasteiger partial charge >= 0.3 is 6.09 Å². The minimum absolute atomic E-state index is 0.0424. The zero-order valence-corrected chi connectivity index (χ0v) is 25.2. The fourth-order valence-electron chi connectivity index (χ4n) is 5.02. The van der Waals surface area contributed by atoms with Gasteiger partial charge in [0.1, 0.15) is 16.7 Å². The number of benzene rings is 2. The van der Waals surface area contributed by atoms with E-state index in [2.05, 4.69) is 19.9 Å². The highest BCUT2D eigenvalue weighted by atomic mass is 32.2. The Morgan fingerprint density at radius 2 is 1.93 bits per heavy atom. The number of piperidine rings is 1. The largest absolute Gasteiger partial charge is 0.496 e. The van der Waals surface area contributed by atoms with Crippen LogP contribution in [-0.4, -0.2) is 73.2 Å². The summed E-state index contributed by atoms with van der Waals surface area (Å²) in [5.74, 6) is 0.473. The number of nitrogens with one attached hydrogen (secondary N) is 1. The first-order chi connectivity index (χ1) is 19.9. The Morgan fingerprint density at radius 3 is 2.60 bits per heavy atom. The van der Waals surface area contributed by atoms with E-state index in [0.29, 0.717) is 36.4 Å². The van der Waals surface area contributed by atoms with Crippen LogP contribution in [0.2, 0.25) is 0 Å². The first kappa shape index (κ1) is 29.2. The van der Waals surface area contributed by atoms with Crippen LogP contribution in [0.15, 0.2) is 64.3 Å². The maximum absolute atomic E-state index is 13.5. The van der Waals surface area contributed by atoms with E-state index in [1.807, 2.05) is 52.2 Å². The standard InChI is InChI=1S/C29H36N6O6S/c1-29(2,3)40-28(36)34-14-10-21(11-15-34)33(4)22-8-6-9-23(18-22)42(37,38)32-27-26-24(39-5)16-20(17-25(26)41-31-27)19-35-13-7-12-30-35/h6-9,12-13,16-18,21H,10-11,14-15,19H2,1-5H3,(H,31,32). The molecule has 0 unspecified atom stereocenters. The molecule has 4 aromatic rings. The van der Waals surface area contributed by atoms with Gasteiger partial charge in [0.2, 0.25) is 0 Å². The third-order valence-corrected chi connectivity index (χ3v) is 8.49. The second-order valence-electron chi connectivity index (χ2n) is 11.3. The molecule has 1 amide bonds. The molecule has 1 aliphatic heterocycles. The summed E-state index contributed by atoms with van der Waals surface area (Å²) in [6, 6.07) is 12.3. The Kier molecular flexibility index (Phi) is 8.04. The average molecular weight is 597 g/mol. The molecule has 3 heterocycles. The molecule has 13 heteroatoms. The molecule has 1 aliphatic rings. The molecule has 5 rings (SSSR count). The minimum atomic E-state index is -4.01. The fourth-order valence-corrected chi connectivity index (χ4v) is 6.07. The number of sulfonamides is 1. The van der Waals surface area contributed by atoms with Crippen molar-refractivity contribution >= 4 is 38.6 Å². The molecule has 0 saturated carbocycles. The molecule has 1 fully saturated rings. The van der Waals surface area contributed by atoms with Gasteiger partial charge in [0.05, 0.1) is 18.6 Å². The number of likely N-dealkylation sites (tertiary alicyclic amines) is 1. The van der Waals surface area contributed by atoms with E-state index in [1.165, 1.54) is 13.2 Å². The Morgan fingerprint density at radius 1 is 1.17 bits per heavy atom. The van der Waals surface area contributed by atoms with Crippen molar-refractivity contribution in [2.45, 2.75) is 56.7 Å². The molecule has 1 N–H and O–H groups in total. The van der Waals surface area contributed by atoms with Crippen molar-refractivity contribution in [2.24, 2.45) is 0 Å². The number of methoxy groups -OCH3 is 1. The molecule has 0 aliphatic carbocycles. The van der Waals surface area contributed by atoms with Crippen LogP contribution in [0.3, 0.4) is 0 Å². The number of anilines is 2. The molecule has 2 aromatic heterocycles. The molecule has 1 saturated heterocycles. The van der Waals surface area contributed by atoms with Gasteiger partial charge in [-0.25, -0.2) is 13.2 Å². The summed E-state index contributed by atoms with van der Waals surface area (Å²) in [5, 5.41) is 8.65. The van der Waals surface area contributed by atoms with Crippen molar-refractivity contribution in [1.29, 1.82) is 0 Å². The molecule has 0 bridgehead atoms. The molecular formula is C29H36N6O6S. The van der Waals surface area contributed by atoms with E-state index in [-0.39, 0.29) is 22.8 Å². The van der Waals surface area contributed by atoms with E-state index < -0.39 is 15.6 Å². The van der Waals surface area contributed by atoms with Crippen LogP contribution >= 0.6 is 0 Å². The molecule has 12 nitrogen and oxygen atoms in total. The number of fused-ring (bicyclic) bond motifs is 1. The summed E-state index contributed by atoms with van der Waals surface area (Å²) in [6.07, 6.45) is 4.69. The highest BCUT2D eigenvalue weighted by Gasteiger charge is 2.29. The summed E-state index contributed by atoms with van der Waals surface area (Å²) in [7, 11) is -0.570. The van der Waals surface area contributed by atoms with Crippen LogP contribution in [0.5, 0.6) is 5.75 Å². The minimum Gasteiger partial charge on any atom is -0.496 e. The Bertz CT molecular complexity index is 1650. The summed E-state index contributed by atoms with van der Waals surface area (Å²) in [6.45, 7) is 7.17. The second-order valence-corrected chi connectivity index (χ2v) is 13.0. The van der Waals surface area contributed by atoms with Gasteiger partial charge in [0.15, 0.2) is 11.4 Å². The number of nitrogens with zero attached hydrogens (tertiary/aromatic N) is 5. The normalized spacial score (nSPS) is 14.6. The van der Waals surface area contributed by atoms with Crippen LogP contribution in [-0.2, 0) is 21.3 Å². The van der Waals surface area contributed by atoms with Crippen LogP contribution in [0, 0.1) is 0 Å². The lowest BCUT2D eigenvalue weighted by molar-refractivity contribution is 0.0205. The quantitative estimate of drug-likeness (QED) is 0.307. The van der Waals surface area contributed by atoms with Gasteiger partial charge in [0, 0.05) is 44.3 Å². The van der Waals surface area contributed by atoms with Crippen LogP contribution in [0.1, 0.15) is 39.2 Å². The average Bonchev–Trinajstić information content (AvgIpc) is 3.61. The van der Waals surface area contributed by atoms with Gasteiger partial charge in [-0.2, -0.15) is 5.10 Å². The predicted molar refractivity (Wildman–Crippen MR) is 158 cm³/mol. The summed E-state index contributed by atoms with van der Waals surface area (Å²) in [5.41, 5.74) is 1.46. The third-order valence-electron chi connectivity index (χ3n) is 7.15. The lowest BCUT2D eigenvalue weighted by atomic mass is 10.0. The van der Waals surface area contributed by atoms with Crippen molar-refractivity contribution in [2.75, 3.05) is 36.9 Å². The topological polar surface area (TPSA) is 132 Å². The number of carbonyl (C=O) groups is 1. The van der Waals surface area contributed by atoms with E-state index in [0.717, 1.165) is 24.1 Å². The summed E-state index contributed by atoms with van der Waals surface area (Å²) < 4.78 is 47.9. The Hall–Kier alpha value is -4.26. The predicted octanol–water partition coefficient (Wildman–Crippen LogP) is 4.72. The van der Waals surface area contributed by atoms with Crippen molar-refractivity contribution in [3.8, 4) is 5.75 Å². The maximum Gasteiger partial charge on any atom is 0.410 e. The summed E-state index contributed by atoms with van der Waals surface area (Å²) in [4.78, 5) is 16.3. The highest BCUT2D eigenvalue weighted by Crippen LogP contribution is 2.35. The monoisotopic (exact) mass is 596 g/mol. The van der Waals surface area contributed by atoms with Crippen molar-refractivity contribution in [3.63, 3.8) is 0 Å². The van der Waals surface area contributed by atoms with E-state index >= 15 is 0 Å². The van der Waals surface area contributed by atoms with Crippen LogP contribution in [0.4, 0.5) is 16.3 Å². The van der Waals surface area contributed by atoms with Crippen LogP contribution in [0.25, 0.3) is 11.0 Å². The number of hydrogen-bond donors (Lipinski definition) is 1. The van der Waals surface area contributed by atoms with Gasteiger partial charge < -0.3 is 23.8 Å². The van der Waals surface area contributed by atoms with E-state index in [9.17, 15) is 13.2 Å². The van der Waals surface area contributed by atoms with Crippen LogP contribution < -0.4 is 14.4 Å². The molecule has 42 heavy (non-hydrogen) atoms. The van der Waals surface area contributed by atoms with Gasteiger partial charge in [-0.3, -0.25) is 9.40 Å². The number of carbonyl (C=O) groups excluding carboxylic acids is 1. The fraction of sp³-hybridized carbons (Fsp3) is 0.414. The van der Waals surface area contributed by atoms with Crippen molar-refractivity contribution < 1.29 is 27.2 Å². The number of amides is 1. The first-order valence-corrected chi connectivity index (χ1v) is 15.2. The molecular weight excluding hydrogens is 560 g/mol. The number of hydrogen-bond acceptors (Lipinski definition) is 9. The lowest BCUT2D eigenvalue weighted by Gasteiger charge is -2.38. The highest BCUT2D eigenvalue weighted by molar-refractivity contribution is 7.92. The number of aromatic nitrogens is 3. The van der Waals surface area contributed by atoms with Gasteiger partial charge in [-0.05, 0) is 75.6 Å². The molecule has 2 aromatic carbocycles. The third kappa shape index (κ3) is 6.46. The van der Waals surface area contributed by atoms with E-state index in [4.69, 9.17) is 14.0 Å². The Balaban J connectivity index is 1.30. The zero-order chi connectivity index (χ0) is 30.1. The smallest absolute Gasteiger partial charge is 0.410 e. The number of rotatable bonds is 8. The first-order valence-electron chi connectivity index (χ1n) is 13.7. The molecule has 0 radical (unpaired) electrons. The van der Waals surface area contributed by atoms with Crippen molar-refractivity contribution in [1.82, 2.24) is 19.8 Å². The number of ether oxygens (including phenoxy) is 2. The zero-order valence-electron chi connectivity index (χ0n) is 24.4.